The van der Waals surface area contributed by atoms with Gasteiger partial charge in [0.25, 0.3) is 0 Å². The van der Waals surface area contributed by atoms with Crippen LogP contribution < -0.4 is 10.1 Å². The second-order valence-electron chi connectivity index (χ2n) is 3.96. The van der Waals surface area contributed by atoms with Gasteiger partial charge in [0.05, 0.1) is 5.69 Å². The van der Waals surface area contributed by atoms with Gasteiger partial charge in [0.15, 0.2) is 0 Å². The number of rotatable bonds is 5. The first kappa shape index (κ1) is 14.5. The van der Waals surface area contributed by atoms with Crippen molar-refractivity contribution in [2.75, 3.05) is 5.32 Å². The molecule has 106 valence electrons. The van der Waals surface area contributed by atoms with Gasteiger partial charge < -0.3 is 10.1 Å². The van der Waals surface area contributed by atoms with E-state index in [9.17, 15) is 13.2 Å². The number of benzene rings is 2. The predicted octanol–water partition coefficient (Wildman–Crippen LogP) is 4.69. The van der Waals surface area contributed by atoms with E-state index in [0.29, 0.717) is 16.3 Å². The lowest BCUT2D eigenvalue weighted by atomic mass is 10.2. The van der Waals surface area contributed by atoms with Crippen LogP contribution in [-0.2, 0) is 6.54 Å². The summed E-state index contributed by atoms with van der Waals surface area (Å²) >= 11 is 5.93. The Bertz CT molecular complexity index is 592. The van der Waals surface area contributed by atoms with E-state index in [-0.39, 0.29) is 12.3 Å². The third kappa shape index (κ3) is 3.81. The Labute approximate surface area is 119 Å². The van der Waals surface area contributed by atoms with Gasteiger partial charge in [0.2, 0.25) is 0 Å². The Hall–Kier alpha value is -1.88. The first-order chi connectivity index (χ1) is 9.56. The molecule has 2 nitrogen and oxygen atoms in total. The summed E-state index contributed by atoms with van der Waals surface area (Å²) < 4.78 is 42.0. The molecule has 6 heteroatoms. The molecule has 0 unspecified atom stereocenters. The van der Waals surface area contributed by atoms with Crippen molar-refractivity contribution in [3.8, 4) is 5.75 Å². The Kier molecular flexibility index (Phi) is 4.74. The number of para-hydroxylation sites is 2. The van der Waals surface area contributed by atoms with Gasteiger partial charge in [-0.2, -0.15) is 8.78 Å². The number of alkyl halides is 2. The number of ether oxygens (including phenoxy) is 1. The monoisotopic (exact) mass is 301 g/mol. The molecule has 0 heterocycles. The molecule has 2 aromatic carbocycles. The van der Waals surface area contributed by atoms with E-state index in [0.717, 1.165) is 0 Å². The van der Waals surface area contributed by atoms with Gasteiger partial charge in [-0.15, -0.1) is 0 Å². The molecule has 0 aromatic heterocycles. The molecule has 0 saturated heterocycles. The Balaban J connectivity index is 2.12. The number of halogens is 4. The number of hydrogen-bond donors (Lipinski definition) is 1. The lowest BCUT2D eigenvalue weighted by Crippen LogP contribution is -2.06. The van der Waals surface area contributed by atoms with Crippen molar-refractivity contribution in [3.05, 3.63) is 58.9 Å². The normalized spacial score (nSPS) is 10.7. The average Bonchev–Trinajstić information content (AvgIpc) is 2.41. The van der Waals surface area contributed by atoms with Crippen molar-refractivity contribution in [3.63, 3.8) is 0 Å². The van der Waals surface area contributed by atoms with E-state index in [1.807, 2.05) is 0 Å². The molecule has 0 aliphatic carbocycles. The lowest BCUT2D eigenvalue weighted by Gasteiger charge is -2.13. The molecule has 0 atom stereocenters. The quantitative estimate of drug-likeness (QED) is 0.865. The molecular weight excluding hydrogens is 291 g/mol. The van der Waals surface area contributed by atoms with E-state index in [4.69, 9.17) is 11.6 Å². The number of nitrogens with one attached hydrogen (secondary N) is 1. The van der Waals surface area contributed by atoms with Crippen molar-refractivity contribution in [1.29, 1.82) is 0 Å². The van der Waals surface area contributed by atoms with Crippen LogP contribution in [0.3, 0.4) is 0 Å². The molecule has 0 radical (unpaired) electrons. The summed E-state index contributed by atoms with van der Waals surface area (Å²) in [6.07, 6.45) is 0. The van der Waals surface area contributed by atoms with E-state index >= 15 is 0 Å². The molecule has 0 amide bonds. The van der Waals surface area contributed by atoms with Gasteiger partial charge in [0, 0.05) is 11.6 Å². The Morgan fingerprint density at radius 3 is 2.65 bits per heavy atom. The van der Waals surface area contributed by atoms with Crippen LogP contribution in [0.15, 0.2) is 42.5 Å². The maximum Gasteiger partial charge on any atom is 0.387 e. The zero-order chi connectivity index (χ0) is 14.5. The highest BCUT2D eigenvalue weighted by Crippen LogP contribution is 2.27. The highest BCUT2D eigenvalue weighted by molar-refractivity contribution is 6.31. The van der Waals surface area contributed by atoms with Gasteiger partial charge >= 0.3 is 6.61 Å². The summed E-state index contributed by atoms with van der Waals surface area (Å²) in [5.41, 5.74) is 0.909. The predicted molar refractivity (Wildman–Crippen MR) is 71.8 cm³/mol. The standard InChI is InChI=1S/C14H11ClF3NO/c15-11-6-5-10(16)7-9(11)8-19-12-3-1-2-4-13(12)20-14(17)18/h1-7,14,19H,8H2. The van der Waals surface area contributed by atoms with Crippen LogP contribution in [0.4, 0.5) is 18.9 Å². The van der Waals surface area contributed by atoms with Crippen LogP contribution in [0.5, 0.6) is 5.75 Å². The summed E-state index contributed by atoms with van der Waals surface area (Å²) in [6, 6.07) is 10.2. The van der Waals surface area contributed by atoms with Crippen LogP contribution >= 0.6 is 11.6 Å². The first-order valence-electron chi connectivity index (χ1n) is 5.78. The first-order valence-corrected chi connectivity index (χ1v) is 6.15. The van der Waals surface area contributed by atoms with Crippen molar-refractivity contribution < 1.29 is 17.9 Å². The minimum absolute atomic E-state index is 0.0232. The minimum Gasteiger partial charge on any atom is -0.433 e. The summed E-state index contributed by atoms with van der Waals surface area (Å²) in [6.45, 7) is -2.71. The number of hydrogen-bond acceptors (Lipinski definition) is 2. The molecule has 0 spiro atoms. The molecule has 2 rings (SSSR count). The third-order valence-corrected chi connectivity index (χ3v) is 2.95. The zero-order valence-electron chi connectivity index (χ0n) is 10.2. The van der Waals surface area contributed by atoms with E-state index in [2.05, 4.69) is 10.1 Å². The SMILES string of the molecule is Fc1ccc(Cl)c(CNc2ccccc2OC(F)F)c1. The van der Waals surface area contributed by atoms with Crippen LogP contribution in [0.1, 0.15) is 5.56 Å². The zero-order valence-corrected chi connectivity index (χ0v) is 11.0. The summed E-state index contributed by atoms with van der Waals surface area (Å²) in [4.78, 5) is 0. The second-order valence-corrected chi connectivity index (χ2v) is 4.37. The smallest absolute Gasteiger partial charge is 0.387 e. The van der Waals surface area contributed by atoms with E-state index < -0.39 is 12.4 Å². The van der Waals surface area contributed by atoms with Gasteiger partial charge in [-0.25, -0.2) is 4.39 Å². The second kappa shape index (κ2) is 6.52. The van der Waals surface area contributed by atoms with Crippen LogP contribution in [0, 0.1) is 5.82 Å². The fourth-order valence-electron chi connectivity index (χ4n) is 1.68. The van der Waals surface area contributed by atoms with Gasteiger partial charge in [-0.3, -0.25) is 0 Å². The van der Waals surface area contributed by atoms with E-state index in [1.54, 1.807) is 18.2 Å². The summed E-state index contributed by atoms with van der Waals surface area (Å²) in [5.74, 6) is -0.390. The Morgan fingerprint density at radius 2 is 1.90 bits per heavy atom. The Morgan fingerprint density at radius 1 is 1.15 bits per heavy atom. The van der Waals surface area contributed by atoms with Gasteiger partial charge in [0.1, 0.15) is 11.6 Å². The molecular formula is C14H11ClF3NO. The van der Waals surface area contributed by atoms with Crippen LogP contribution in [0.25, 0.3) is 0 Å². The molecule has 0 aliphatic rings. The maximum atomic E-state index is 13.1. The van der Waals surface area contributed by atoms with Gasteiger partial charge in [-0.1, -0.05) is 23.7 Å². The molecule has 0 bridgehead atoms. The molecule has 1 N–H and O–H groups in total. The third-order valence-electron chi connectivity index (χ3n) is 2.58. The van der Waals surface area contributed by atoms with Gasteiger partial charge in [-0.05, 0) is 35.9 Å². The minimum atomic E-state index is -2.91. The maximum absolute atomic E-state index is 13.1. The topological polar surface area (TPSA) is 21.3 Å². The molecule has 20 heavy (non-hydrogen) atoms. The number of anilines is 1. The molecule has 0 saturated carbocycles. The molecule has 0 aliphatic heterocycles. The van der Waals surface area contributed by atoms with E-state index in [1.165, 1.54) is 24.3 Å². The molecule has 2 aromatic rings. The highest BCUT2D eigenvalue weighted by Gasteiger charge is 2.09. The van der Waals surface area contributed by atoms with Crippen molar-refractivity contribution in [2.45, 2.75) is 13.2 Å². The summed E-state index contributed by atoms with van der Waals surface area (Å²) in [5, 5.41) is 3.29. The summed E-state index contributed by atoms with van der Waals surface area (Å²) in [7, 11) is 0. The fourth-order valence-corrected chi connectivity index (χ4v) is 1.87. The fraction of sp³-hybridized carbons (Fsp3) is 0.143. The van der Waals surface area contributed by atoms with Crippen molar-refractivity contribution >= 4 is 17.3 Å². The average molecular weight is 302 g/mol. The van der Waals surface area contributed by atoms with Crippen molar-refractivity contribution in [1.82, 2.24) is 0 Å². The molecule has 0 fully saturated rings. The van der Waals surface area contributed by atoms with Crippen LogP contribution in [-0.4, -0.2) is 6.61 Å². The highest BCUT2D eigenvalue weighted by atomic mass is 35.5. The largest absolute Gasteiger partial charge is 0.433 e. The van der Waals surface area contributed by atoms with Crippen molar-refractivity contribution in [2.24, 2.45) is 0 Å². The van der Waals surface area contributed by atoms with Crippen LogP contribution in [0.2, 0.25) is 5.02 Å². The lowest BCUT2D eigenvalue weighted by molar-refractivity contribution is -0.0493.